The molecule has 0 amide bonds. The quantitative estimate of drug-likeness (QED) is 0.328. The highest BCUT2D eigenvalue weighted by molar-refractivity contribution is 5.61. The van der Waals surface area contributed by atoms with Gasteiger partial charge in [-0.1, -0.05) is 12.1 Å². The fraction of sp³-hybridized carbons (Fsp3) is 0.304. The van der Waals surface area contributed by atoms with E-state index in [4.69, 9.17) is 18.9 Å². The van der Waals surface area contributed by atoms with Gasteiger partial charge in [-0.25, -0.2) is 0 Å². The fourth-order valence-electron chi connectivity index (χ4n) is 2.54. The second-order valence-electron chi connectivity index (χ2n) is 5.65. The molecule has 0 saturated carbocycles. The molecule has 4 heteroatoms. The summed E-state index contributed by atoms with van der Waals surface area (Å²) >= 11 is 0. The topological polar surface area (TPSA) is 36.9 Å². The molecule has 0 bridgehead atoms. The zero-order chi connectivity index (χ0) is 19.5. The van der Waals surface area contributed by atoms with Crippen LogP contribution in [0.25, 0.3) is 5.76 Å². The minimum absolute atomic E-state index is 0.184. The van der Waals surface area contributed by atoms with Crippen molar-refractivity contribution in [3.8, 4) is 11.5 Å². The van der Waals surface area contributed by atoms with E-state index < -0.39 is 0 Å². The highest BCUT2D eigenvalue weighted by Crippen LogP contribution is 2.23. The molecule has 0 aromatic heterocycles. The first-order chi connectivity index (χ1) is 13.2. The third kappa shape index (κ3) is 6.14. The van der Waals surface area contributed by atoms with E-state index in [0.29, 0.717) is 13.2 Å². The Balaban J connectivity index is 2.19. The Kier molecular flexibility index (Phi) is 8.37. The first-order valence-corrected chi connectivity index (χ1v) is 9.04. The van der Waals surface area contributed by atoms with Gasteiger partial charge in [0.15, 0.2) is 0 Å². The zero-order valence-electron chi connectivity index (χ0n) is 16.4. The van der Waals surface area contributed by atoms with Crippen LogP contribution >= 0.6 is 0 Å². The van der Waals surface area contributed by atoms with Gasteiger partial charge in [-0.15, -0.1) is 0 Å². The van der Waals surface area contributed by atoms with Crippen LogP contribution in [0, 0.1) is 6.08 Å². The van der Waals surface area contributed by atoms with Gasteiger partial charge in [0.25, 0.3) is 5.76 Å². The third-order valence-electron chi connectivity index (χ3n) is 3.93. The Morgan fingerprint density at radius 1 is 0.889 bits per heavy atom. The van der Waals surface area contributed by atoms with Crippen molar-refractivity contribution in [2.45, 2.75) is 20.0 Å². The van der Waals surface area contributed by atoms with Gasteiger partial charge in [0.1, 0.15) is 29.8 Å². The smallest absolute Gasteiger partial charge is 0.271 e. The molecule has 1 unspecified atom stereocenters. The Morgan fingerprint density at radius 3 is 2.00 bits per heavy atom. The van der Waals surface area contributed by atoms with Crippen LogP contribution < -0.4 is 9.47 Å². The number of benzene rings is 2. The Hall–Kier alpha value is -2.81. The SMILES string of the molecule is CCO/C(=C\[C+]=CC(OCC)c1ccc(OC)cc1)c1ccc(OC)cc1. The highest BCUT2D eigenvalue weighted by Gasteiger charge is 2.13. The number of hydrogen-bond donors (Lipinski definition) is 0. The molecule has 2 rings (SSSR count). The first-order valence-electron chi connectivity index (χ1n) is 9.04. The van der Waals surface area contributed by atoms with Crippen LogP contribution in [0.3, 0.4) is 0 Å². The van der Waals surface area contributed by atoms with Crippen molar-refractivity contribution in [2.24, 2.45) is 0 Å². The second-order valence-corrected chi connectivity index (χ2v) is 5.65. The molecule has 0 spiro atoms. The van der Waals surface area contributed by atoms with Crippen molar-refractivity contribution in [1.29, 1.82) is 0 Å². The van der Waals surface area contributed by atoms with Crippen molar-refractivity contribution >= 4 is 5.76 Å². The van der Waals surface area contributed by atoms with E-state index in [1.54, 1.807) is 14.2 Å². The van der Waals surface area contributed by atoms with Gasteiger partial charge < -0.3 is 18.9 Å². The van der Waals surface area contributed by atoms with Crippen LogP contribution in [0.5, 0.6) is 11.5 Å². The summed E-state index contributed by atoms with van der Waals surface area (Å²) in [6.07, 6.45) is 6.76. The maximum absolute atomic E-state index is 5.83. The average Bonchev–Trinajstić information content (AvgIpc) is 2.72. The summed E-state index contributed by atoms with van der Waals surface area (Å²) in [4.78, 5) is 0. The third-order valence-corrected chi connectivity index (χ3v) is 3.93. The molecule has 0 N–H and O–H groups in total. The maximum Gasteiger partial charge on any atom is 0.271 e. The van der Waals surface area contributed by atoms with Gasteiger partial charge in [-0.2, -0.15) is 0 Å². The summed E-state index contributed by atoms with van der Waals surface area (Å²) in [5, 5.41) is 0. The molecule has 0 aliphatic heterocycles. The van der Waals surface area contributed by atoms with Crippen molar-refractivity contribution in [3.63, 3.8) is 0 Å². The lowest BCUT2D eigenvalue weighted by atomic mass is 10.1. The molecule has 1 atom stereocenters. The molecule has 4 nitrogen and oxygen atoms in total. The lowest BCUT2D eigenvalue weighted by Crippen LogP contribution is -2.01. The molecular formula is C23H27O4+. The molecular weight excluding hydrogens is 340 g/mol. The van der Waals surface area contributed by atoms with Gasteiger partial charge in [0.2, 0.25) is 6.08 Å². The molecule has 0 heterocycles. The van der Waals surface area contributed by atoms with E-state index in [2.05, 4.69) is 6.08 Å². The monoisotopic (exact) mass is 367 g/mol. The van der Waals surface area contributed by atoms with Crippen LogP contribution in [0.15, 0.2) is 60.7 Å². The number of rotatable bonds is 10. The Morgan fingerprint density at radius 2 is 1.48 bits per heavy atom. The number of allylic oxidation sites excluding steroid dienone is 2. The molecule has 0 fully saturated rings. The highest BCUT2D eigenvalue weighted by atomic mass is 16.5. The molecule has 0 aliphatic carbocycles. The summed E-state index contributed by atoms with van der Waals surface area (Å²) < 4.78 is 22.0. The van der Waals surface area contributed by atoms with E-state index >= 15 is 0 Å². The van der Waals surface area contributed by atoms with E-state index in [1.807, 2.05) is 74.5 Å². The second kappa shape index (κ2) is 11.0. The predicted octanol–water partition coefficient (Wildman–Crippen LogP) is 5.22. The first kappa shape index (κ1) is 20.5. The summed E-state index contributed by atoms with van der Waals surface area (Å²) in [5.74, 6) is 2.38. The van der Waals surface area contributed by atoms with Crippen molar-refractivity contribution in [2.75, 3.05) is 27.4 Å². The predicted molar refractivity (Wildman–Crippen MR) is 108 cm³/mol. The largest absolute Gasteiger partial charge is 0.497 e. The molecule has 0 aliphatic rings. The van der Waals surface area contributed by atoms with Crippen LogP contribution in [0.4, 0.5) is 0 Å². The van der Waals surface area contributed by atoms with Crippen LogP contribution in [0.2, 0.25) is 0 Å². The minimum Gasteiger partial charge on any atom is -0.497 e. The summed E-state index contributed by atoms with van der Waals surface area (Å²) in [6, 6.07) is 15.6. The van der Waals surface area contributed by atoms with Gasteiger partial charge in [0, 0.05) is 6.61 Å². The summed E-state index contributed by atoms with van der Waals surface area (Å²) in [6.45, 7) is 5.12. The zero-order valence-corrected chi connectivity index (χ0v) is 16.4. The normalized spacial score (nSPS) is 12.5. The van der Waals surface area contributed by atoms with Gasteiger partial charge in [-0.3, -0.25) is 0 Å². The molecule has 2 aromatic carbocycles. The lowest BCUT2D eigenvalue weighted by Gasteiger charge is -2.11. The average molecular weight is 367 g/mol. The molecule has 2 aromatic rings. The van der Waals surface area contributed by atoms with Gasteiger partial charge in [0.05, 0.1) is 26.4 Å². The maximum atomic E-state index is 5.83. The summed E-state index contributed by atoms with van der Waals surface area (Å²) in [7, 11) is 3.31. The van der Waals surface area contributed by atoms with Crippen molar-refractivity contribution in [3.05, 3.63) is 77.9 Å². The van der Waals surface area contributed by atoms with E-state index in [-0.39, 0.29) is 6.10 Å². The van der Waals surface area contributed by atoms with E-state index in [0.717, 1.165) is 28.4 Å². The fourth-order valence-corrected chi connectivity index (χ4v) is 2.54. The van der Waals surface area contributed by atoms with E-state index in [1.165, 1.54) is 0 Å². The van der Waals surface area contributed by atoms with Crippen molar-refractivity contribution in [1.82, 2.24) is 0 Å². The Labute approximate surface area is 162 Å². The van der Waals surface area contributed by atoms with Gasteiger partial charge in [-0.05, 0) is 55.8 Å². The number of hydrogen-bond acceptors (Lipinski definition) is 4. The molecule has 27 heavy (non-hydrogen) atoms. The standard InChI is InChI=1S/C23H27O4/c1-5-26-22(18-10-14-20(24-3)15-11-18)8-7-9-23(27-6-2)19-12-16-21(25-4)17-13-19/h8-17,22H,5-6H2,1-4H3/q+1/b23-9-. The lowest BCUT2D eigenvalue weighted by molar-refractivity contribution is 0.0965. The molecule has 0 radical (unpaired) electrons. The Bertz CT molecular complexity index is 730. The van der Waals surface area contributed by atoms with E-state index in [9.17, 15) is 0 Å². The number of methoxy groups -OCH3 is 2. The minimum atomic E-state index is -0.184. The molecule has 0 saturated heterocycles. The molecule has 142 valence electrons. The van der Waals surface area contributed by atoms with Crippen LogP contribution in [0.1, 0.15) is 31.1 Å². The van der Waals surface area contributed by atoms with Crippen LogP contribution in [-0.4, -0.2) is 27.4 Å². The van der Waals surface area contributed by atoms with Crippen LogP contribution in [-0.2, 0) is 9.47 Å². The summed E-state index contributed by atoms with van der Waals surface area (Å²) in [5.41, 5.74) is 2.01. The number of ether oxygens (including phenoxy) is 4. The van der Waals surface area contributed by atoms with Gasteiger partial charge >= 0.3 is 0 Å². The van der Waals surface area contributed by atoms with Crippen molar-refractivity contribution < 1.29 is 18.9 Å².